The first-order chi connectivity index (χ1) is 7.43. The first-order valence-electron chi connectivity index (χ1n) is 5.48. The molecule has 0 aliphatic carbocycles. The maximum atomic E-state index is 4.75. The van der Waals surface area contributed by atoms with Gasteiger partial charge in [0, 0.05) is 18.0 Å². The number of nitrogens with zero attached hydrogens (tertiary/aromatic N) is 2. The summed E-state index contributed by atoms with van der Waals surface area (Å²) < 4.78 is 0. The summed E-state index contributed by atoms with van der Waals surface area (Å²) in [4.78, 5) is 8.50. The van der Waals surface area contributed by atoms with E-state index in [2.05, 4.69) is 29.2 Å². The zero-order chi connectivity index (χ0) is 10.1. The molecule has 0 radical (unpaired) electrons. The van der Waals surface area contributed by atoms with Gasteiger partial charge in [-0.05, 0) is 25.0 Å². The Balaban J connectivity index is 0.000000963. The molecule has 0 amide bonds. The Bertz CT molecular complexity index is 400. The summed E-state index contributed by atoms with van der Waals surface area (Å²) in [5.41, 5.74) is 1.15. The summed E-state index contributed by atoms with van der Waals surface area (Å²) in [6, 6.07) is 8.42. The molecule has 2 nitrogen and oxygen atoms in total. The number of halogens is 1. The third-order valence-electron chi connectivity index (χ3n) is 2.94. The van der Waals surface area contributed by atoms with Crippen molar-refractivity contribution in [1.82, 2.24) is 4.90 Å². The van der Waals surface area contributed by atoms with Gasteiger partial charge in [0.15, 0.2) is 0 Å². The van der Waals surface area contributed by atoms with E-state index < -0.39 is 0 Å². The maximum Gasteiger partial charge on any atom is 0.115 e. The van der Waals surface area contributed by atoms with Crippen molar-refractivity contribution in [2.75, 3.05) is 18.8 Å². The fourth-order valence-electron chi connectivity index (χ4n) is 2.12. The maximum absolute atomic E-state index is 4.75. The van der Waals surface area contributed by atoms with Crippen LogP contribution in [0.3, 0.4) is 0 Å². The van der Waals surface area contributed by atoms with Crippen LogP contribution in [0, 0.1) is 0 Å². The number of hydrogen-bond acceptors (Lipinski definition) is 3. The van der Waals surface area contributed by atoms with Crippen LogP contribution >= 0.6 is 24.2 Å². The highest BCUT2D eigenvalue weighted by Gasteiger charge is 2.20. The van der Waals surface area contributed by atoms with Gasteiger partial charge in [-0.25, -0.2) is 4.99 Å². The number of benzene rings is 1. The number of rotatable bonds is 0. The normalized spacial score (nSPS) is 18.8. The SMILES string of the molecule is Cl.c1ccc2c(c1)N=C(N1CCCC1)CS2. The highest BCUT2D eigenvalue weighted by Crippen LogP contribution is 2.34. The lowest BCUT2D eigenvalue weighted by Gasteiger charge is -2.23. The molecule has 0 aromatic heterocycles. The largest absolute Gasteiger partial charge is 0.359 e. The van der Waals surface area contributed by atoms with Gasteiger partial charge in [-0.15, -0.1) is 24.2 Å². The van der Waals surface area contributed by atoms with E-state index in [-0.39, 0.29) is 12.4 Å². The van der Waals surface area contributed by atoms with Crippen LogP contribution in [0.1, 0.15) is 12.8 Å². The van der Waals surface area contributed by atoms with Crippen LogP contribution in [0.15, 0.2) is 34.2 Å². The van der Waals surface area contributed by atoms with Gasteiger partial charge in [0.2, 0.25) is 0 Å². The monoisotopic (exact) mass is 254 g/mol. The zero-order valence-corrected chi connectivity index (χ0v) is 10.7. The second-order valence-electron chi connectivity index (χ2n) is 3.98. The minimum Gasteiger partial charge on any atom is -0.359 e. The van der Waals surface area contributed by atoms with Gasteiger partial charge < -0.3 is 4.90 Å². The summed E-state index contributed by atoms with van der Waals surface area (Å²) in [6.07, 6.45) is 2.65. The number of thioether (sulfide) groups is 1. The first kappa shape index (κ1) is 11.8. The molecule has 2 heterocycles. The van der Waals surface area contributed by atoms with E-state index in [9.17, 15) is 0 Å². The summed E-state index contributed by atoms with van der Waals surface area (Å²) in [5, 5.41) is 0. The van der Waals surface area contributed by atoms with Crippen molar-refractivity contribution in [3.8, 4) is 0 Å². The van der Waals surface area contributed by atoms with E-state index in [1.807, 2.05) is 11.8 Å². The minimum atomic E-state index is 0. The Morgan fingerprint density at radius 3 is 2.69 bits per heavy atom. The highest BCUT2D eigenvalue weighted by molar-refractivity contribution is 8.00. The van der Waals surface area contributed by atoms with Crippen molar-refractivity contribution in [2.24, 2.45) is 4.99 Å². The van der Waals surface area contributed by atoms with Crippen LogP contribution in [-0.4, -0.2) is 29.6 Å². The summed E-state index contributed by atoms with van der Waals surface area (Å²) in [6.45, 7) is 2.39. The third-order valence-corrected chi connectivity index (χ3v) is 4.00. The van der Waals surface area contributed by atoms with E-state index in [1.165, 1.54) is 36.7 Å². The standard InChI is InChI=1S/C12H14N2S.ClH/c1-2-6-11-10(5-1)13-12(9-15-11)14-7-3-4-8-14;/h1-2,5-6H,3-4,7-9H2;1H. The summed E-state index contributed by atoms with van der Waals surface area (Å²) in [5.74, 6) is 2.31. The second kappa shape index (κ2) is 5.11. The van der Waals surface area contributed by atoms with Crippen molar-refractivity contribution >= 4 is 35.7 Å². The molecule has 1 aromatic carbocycles. The van der Waals surface area contributed by atoms with Gasteiger partial charge in [0.1, 0.15) is 5.84 Å². The van der Waals surface area contributed by atoms with Crippen LogP contribution in [-0.2, 0) is 0 Å². The molecule has 0 N–H and O–H groups in total. The highest BCUT2D eigenvalue weighted by atomic mass is 35.5. The van der Waals surface area contributed by atoms with Crippen molar-refractivity contribution in [3.63, 3.8) is 0 Å². The van der Waals surface area contributed by atoms with Gasteiger partial charge in [0.25, 0.3) is 0 Å². The van der Waals surface area contributed by atoms with Crippen LogP contribution < -0.4 is 0 Å². The van der Waals surface area contributed by atoms with Crippen LogP contribution in [0.2, 0.25) is 0 Å². The Morgan fingerprint density at radius 2 is 1.88 bits per heavy atom. The molecular weight excluding hydrogens is 240 g/mol. The molecular formula is C12H15ClN2S. The van der Waals surface area contributed by atoms with Crippen LogP contribution in [0.5, 0.6) is 0 Å². The molecule has 2 aliphatic rings. The molecule has 0 unspecified atom stereocenters. The average molecular weight is 255 g/mol. The Kier molecular flexibility index (Phi) is 3.77. The van der Waals surface area contributed by atoms with Crippen LogP contribution in [0.4, 0.5) is 5.69 Å². The molecule has 0 bridgehead atoms. The molecule has 1 aromatic rings. The van der Waals surface area contributed by atoms with Gasteiger partial charge in [0.05, 0.1) is 11.4 Å². The third kappa shape index (κ3) is 2.20. The van der Waals surface area contributed by atoms with Gasteiger partial charge in [-0.2, -0.15) is 0 Å². The molecule has 0 spiro atoms. The summed E-state index contributed by atoms with van der Waals surface area (Å²) >= 11 is 1.91. The van der Waals surface area contributed by atoms with Crippen molar-refractivity contribution < 1.29 is 0 Å². The Morgan fingerprint density at radius 1 is 1.12 bits per heavy atom. The fourth-order valence-corrected chi connectivity index (χ4v) is 3.09. The van der Waals surface area contributed by atoms with Gasteiger partial charge in [-0.1, -0.05) is 12.1 Å². The van der Waals surface area contributed by atoms with Crippen LogP contribution in [0.25, 0.3) is 0 Å². The molecule has 16 heavy (non-hydrogen) atoms. The quantitative estimate of drug-likeness (QED) is 0.706. The van der Waals surface area contributed by atoms with E-state index in [4.69, 9.17) is 4.99 Å². The number of amidine groups is 1. The molecule has 1 fully saturated rings. The number of likely N-dealkylation sites (tertiary alicyclic amines) is 1. The topological polar surface area (TPSA) is 15.6 Å². The lowest BCUT2D eigenvalue weighted by atomic mass is 10.3. The summed E-state index contributed by atoms with van der Waals surface area (Å²) in [7, 11) is 0. The first-order valence-corrected chi connectivity index (χ1v) is 6.46. The lowest BCUT2D eigenvalue weighted by molar-refractivity contribution is 0.517. The molecule has 0 saturated carbocycles. The molecule has 3 rings (SSSR count). The molecule has 86 valence electrons. The van der Waals surface area contributed by atoms with Gasteiger partial charge in [-0.3, -0.25) is 0 Å². The molecule has 4 heteroatoms. The number of para-hydroxylation sites is 1. The minimum absolute atomic E-state index is 0. The number of fused-ring (bicyclic) bond motifs is 1. The Labute approximate surface area is 107 Å². The van der Waals surface area contributed by atoms with Crippen molar-refractivity contribution in [3.05, 3.63) is 24.3 Å². The van der Waals surface area contributed by atoms with Crippen molar-refractivity contribution in [1.29, 1.82) is 0 Å². The Hall–Kier alpha value is -0.670. The molecule has 0 atom stereocenters. The second-order valence-corrected chi connectivity index (χ2v) is 5.00. The molecule has 1 saturated heterocycles. The van der Waals surface area contributed by atoms with E-state index in [0.717, 1.165) is 11.4 Å². The van der Waals surface area contributed by atoms with E-state index in [0.29, 0.717) is 0 Å². The van der Waals surface area contributed by atoms with E-state index in [1.54, 1.807) is 0 Å². The predicted octanol–water partition coefficient (Wildman–Crippen LogP) is 3.34. The smallest absolute Gasteiger partial charge is 0.115 e. The van der Waals surface area contributed by atoms with E-state index >= 15 is 0 Å². The average Bonchev–Trinajstić information content (AvgIpc) is 2.82. The number of hydrogen-bond donors (Lipinski definition) is 0. The molecule has 2 aliphatic heterocycles. The predicted molar refractivity (Wildman–Crippen MR) is 72.3 cm³/mol. The van der Waals surface area contributed by atoms with Gasteiger partial charge >= 0.3 is 0 Å². The fraction of sp³-hybridized carbons (Fsp3) is 0.417. The zero-order valence-electron chi connectivity index (χ0n) is 9.06. The lowest BCUT2D eigenvalue weighted by Crippen LogP contribution is -2.30. The van der Waals surface area contributed by atoms with Crippen molar-refractivity contribution in [2.45, 2.75) is 17.7 Å². The number of aliphatic imine (C=N–C) groups is 1.